The van der Waals surface area contributed by atoms with E-state index in [9.17, 15) is 49.5 Å². The molecule has 12 nitrogen and oxygen atoms in total. The Bertz CT molecular complexity index is 1320. The Kier molecular flexibility index (Phi) is 5.77. The third kappa shape index (κ3) is 3.33. The van der Waals surface area contributed by atoms with Gasteiger partial charge in [0.1, 0.15) is 22.8 Å². The number of nitrogens with one attached hydrogen (secondary N) is 1. The van der Waals surface area contributed by atoms with Gasteiger partial charge in [-0.3, -0.25) is 24.0 Å². The van der Waals surface area contributed by atoms with Crippen LogP contribution in [0.3, 0.4) is 0 Å². The highest BCUT2D eigenvalue weighted by atomic mass is 16.4. The first kappa shape index (κ1) is 25.1. The Labute approximate surface area is 203 Å². The summed E-state index contributed by atoms with van der Waals surface area (Å²) < 4.78 is 0. The standard InChI is InChI=1S/C24H24N2O10/c1-7(2)5-12(29)26-9-3-4-10(27)14-13(9)19(31)16-17(20(14)32)22(34)24(36)8(18(16)30)6-11(28)15(21(24)33)23(25)35/h3-4,7-8,16,18,27,30,32-33,36H,5-6H2,1-2H3,(H2,25,35)(H,26,29)/t8-,16-,18-,24-/m1/s1. The van der Waals surface area contributed by atoms with Crippen molar-refractivity contribution in [2.45, 2.75) is 38.4 Å². The molecule has 0 aromatic heterocycles. The van der Waals surface area contributed by atoms with Crippen molar-refractivity contribution in [3.8, 4) is 5.75 Å². The predicted molar refractivity (Wildman–Crippen MR) is 121 cm³/mol. The summed E-state index contributed by atoms with van der Waals surface area (Å²) in [5.74, 6) is -12.0. The Morgan fingerprint density at radius 2 is 1.78 bits per heavy atom. The van der Waals surface area contributed by atoms with Gasteiger partial charge in [0, 0.05) is 18.8 Å². The van der Waals surface area contributed by atoms with Crippen LogP contribution in [0.15, 0.2) is 29.0 Å². The number of fused-ring (bicyclic) bond motifs is 3. The van der Waals surface area contributed by atoms with E-state index in [4.69, 9.17) is 5.73 Å². The van der Waals surface area contributed by atoms with Crippen LogP contribution in [0.25, 0.3) is 5.76 Å². The van der Waals surface area contributed by atoms with Gasteiger partial charge in [-0.05, 0) is 18.1 Å². The number of Topliss-reactive ketones (excluding diaryl/α,β-unsaturated/α-hetero) is 3. The quantitative estimate of drug-likeness (QED) is 0.217. The van der Waals surface area contributed by atoms with Crippen LogP contribution in [0.4, 0.5) is 5.69 Å². The molecule has 1 aromatic carbocycles. The van der Waals surface area contributed by atoms with E-state index in [-0.39, 0.29) is 23.6 Å². The van der Waals surface area contributed by atoms with E-state index < -0.39 is 93.1 Å². The van der Waals surface area contributed by atoms with E-state index in [2.05, 4.69) is 5.32 Å². The topological polar surface area (TPSA) is 225 Å². The summed E-state index contributed by atoms with van der Waals surface area (Å²) in [5, 5.41) is 56.8. The number of anilines is 1. The second-order valence-electron chi connectivity index (χ2n) is 9.54. The maximum Gasteiger partial charge on any atom is 0.255 e. The van der Waals surface area contributed by atoms with Gasteiger partial charge in [-0.1, -0.05) is 13.8 Å². The van der Waals surface area contributed by atoms with Gasteiger partial charge in [0.15, 0.2) is 17.2 Å². The lowest BCUT2D eigenvalue weighted by molar-refractivity contribution is -0.158. The summed E-state index contributed by atoms with van der Waals surface area (Å²) in [7, 11) is 0. The molecule has 0 spiro atoms. The summed E-state index contributed by atoms with van der Waals surface area (Å²) >= 11 is 0. The zero-order chi connectivity index (χ0) is 26.9. The van der Waals surface area contributed by atoms with Gasteiger partial charge in [-0.25, -0.2) is 0 Å². The fourth-order valence-corrected chi connectivity index (χ4v) is 5.19. The van der Waals surface area contributed by atoms with Crippen LogP contribution in [0.1, 0.15) is 42.6 Å². The van der Waals surface area contributed by atoms with E-state index in [1.165, 1.54) is 6.07 Å². The van der Waals surface area contributed by atoms with Gasteiger partial charge in [0.2, 0.25) is 11.7 Å². The maximum atomic E-state index is 13.6. The lowest BCUT2D eigenvalue weighted by atomic mass is 9.57. The van der Waals surface area contributed by atoms with Gasteiger partial charge in [0.05, 0.1) is 34.4 Å². The van der Waals surface area contributed by atoms with Crippen molar-refractivity contribution in [3.05, 3.63) is 40.2 Å². The lowest BCUT2D eigenvalue weighted by Gasteiger charge is -2.48. The highest BCUT2D eigenvalue weighted by molar-refractivity contribution is 6.26. The van der Waals surface area contributed by atoms with Crippen LogP contribution in [-0.4, -0.2) is 66.4 Å². The largest absolute Gasteiger partial charge is 0.508 e. The number of hydrogen-bond acceptors (Lipinski definition) is 10. The van der Waals surface area contributed by atoms with Crippen LogP contribution in [0, 0.1) is 17.8 Å². The van der Waals surface area contributed by atoms with Crippen molar-refractivity contribution in [2.75, 3.05) is 5.32 Å². The van der Waals surface area contributed by atoms with Crippen LogP contribution in [0.2, 0.25) is 0 Å². The molecule has 2 amide bonds. The van der Waals surface area contributed by atoms with Crippen molar-refractivity contribution >= 4 is 40.6 Å². The first-order chi connectivity index (χ1) is 16.7. The minimum atomic E-state index is -3.05. The highest BCUT2D eigenvalue weighted by Crippen LogP contribution is 2.52. The molecule has 36 heavy (non-hydrogen) atoms. The number of nitrogens with two attached hydrogens (primary N) is 1. The molecule has 0 bridgehead atoms. The number of aromatic hydroxyl groups is 1. The fraction of sp³-hybridized carbons (Fsp3) is 0.375. The smallest absolute Gasteiger partial charge is 0.255 e. The van der Waals surface area contributed by atoms with Crippen molar-refractivity contribution < 1.29 is 49.5 Å². The number of phenolic OH excluding ortho intramolecular Hbond substituents is 1. The molecule has 0 heterocycles. The Morgan fingerprint density at radius 3 is 2.36 bits per heavy atom. The van der Waals surface area contributed by atoms with Crippen molar-refractivity contribution in [1.82, 2.24) is 0 Å². The SMILES string of the molecule is CC(C)CC(=O)Nc1ccc(O)c2c1C(=O)[C@@H]1C(=C2O)C(=O)[C@]2(O)C(O)=C(C(N)=O)C(=O)C[C@@H]2[C@H]1O. The van der Waals surface area contributed by atoms with Crippen LogP contribution >= 0.6 is 0 Å². The number of benzene rings is 1. The molecular weight excluding hydrogens is 476 g/mol. The zero-order valence-corrected chi connectivity index (χ0v) is 19.2. The Balaban J connectivity index is 1.95. The zero-order valence-electron chi connectivity index (χ0n) is 19.2. The molecule has 0 saturated heterocycles. The minimum absolute atomic E-state index is 0.0288. The first-order valence-electron chi connectivity index (χ1n) is 11.1. The van der Waals surface area contributed by atoms with E-state index >= 15 is 0 Å². The van der Waals surface area contributed by atoms with Gasteiger partial charge in [-0.15, -0.1) is 0 Å². The number of carbonyl (C=O) groups is 5. The van der Waals surface area contributed by atoms with E-state index in [0.717, 1.165) is 6.07 Å². The van der Waals surface area contributed by atoms with Crippen LogP contribution in [0.5, 0.6) is 5.75 Å². The summed E-state index contributed by atoms with van der Waals surface area (Å²) in [6, 6.07) is 2.28. The average molecular weight is 500 g/mol. The molecular formula is C24H24N2O10. The number of hydrogen-bond donors (Lipinski definition) is 7. The second-order valence-corrected chi connectivity index (χ2v) is 9.54. The van der Waals surface area contributed by atoms with E-state index in [1.807, 2.05) is 0 Å². The van der Waals surface area contributed by atoms with E-state index in [0.29, 0.717) is 0 Å². The number of phenols is 1. The monoisotopic (exact) mass is 500 g/mol. The van der Waals surface area contributed by atoms with Crippen molar-refractivity contribution in [2.24, 2.45) is 23.5 Å². The molecule has 190 valence electrons. The average Bonchev–Trinajstić information content (AvgIpc) is 2.77. The third-order valence-electron chi connectivity index (χ3n) is 6.79. The van der Waals surface area contributed by atoms with Crippen LogP contribution < -0.4 is 11.1 Å². The number of amides is 2. The number of primary amides is 1. The molecule has 1 saturated carbocycles. The molecule has 0 unspecified atom stereocenters. The van der Waals surface area contributed by atoms with Crippen molar-refractivity contribution in [3.63, 3.8) is 0 Å². The van der Waals surface area contributed by atoms with Gasteiger partial charge in [0.25, 0.3) is 5.91 Å². The number of aliphatic hydroxyl groups is 4. The van der Waals surface area contributed by atoms with Gasteiger partial charge < -0.3 is 36.6 Å². The fourth-order valence-electron chi connectivity index (χ4n) is 5.19. The minimum Gasteiger partial charge on any atom is -0.508 e. The summed E-state index contributed by atoms with van der Waals surface area (Å²) in [6.07, 6.45) is -2.71. The molecule has 4 rings (SSSR count). The summed E-state index contributed by atoms with van der Waals surface area (Å²) in [5.41, 5.74) is -0.797. The Hall–Kier alpha value is -4.03. The van der Waals surface area contributed by atoms with E-state index in [1.54, 1.807) is 13.8 Å². The number of carbonyl (C=O) groups excluding carboxylic acids is 5. The molecule has 0 aliphatic heterocycles. The molecule has 3 aliphatic carbocycles. The number of ketones is 3. The van der Waals surface area contributed by atoms with Gasteiger partial charge >= 0.3 is 0 Å². The summed E-state index contributed by atoms with van der Waals surface area (Å²) in [6.45, 7) is 3.59. The molecule has 3 aliphatic rings. The lowest BCUT2D eigenvalue weighted by Crippen LogP contribution is -2.64. The summed E-state index contributed by atoms with van der Waals surface area (Å²) in [4.78, 5) is 63.6. The molecule has 12 heteroatoms. The van der Waals surface area contributed by atoms with Crippen LogP contribution in [-0.2, 0) is 19.2 Å². The third-order valence-corrected chi connectivity index (χ3v) is 6.79. The second kappa shape index (κ2) is 8.28. The predicted octanol–water partition coefficient (Wildman–Crippen LogP) is 0.0195. The Morgan fingerprint density at radius 1 is 1.14 bits per heavy atom. The molecule has 8 N–H and O–H groups in total. The molecule has 0 radical (unpaired) electrons. The molecule has 1 fully saturated rings. The maximum absolute atomic E-state index is 13.6. The number of aliphatic hydroxyl groups excluding tert-OH is 3. The normalized spacial score (nSPS) is 27.6. The number of rotatable bonds is 4. The highest BCUT2D eigenvalue weighted by Gasteiger charge is 2.65. The van der Waals surface area contributed by atoms with Crippen molar-refractivity contribution in [1.29, 1.82) is 0 Å². The molecule has 4 atom stereocenters. The first-order valence-corrected chi connectivity index (χ1v) is 11.1. The molecule has 1 aromatic rings. The van der Waals surface area contributed by atoms with Gasteiger partial charge in [-0.2, -0.15) is 0 Å².